The van der Waals surface area contributed by atoms with E-state index in [0.717, 1.165) is 161 Å². The van der Waals surface area contributed by atoms with Gasteiger partial charge >= 0.3 is 17.9 Å². The molecule has 80 heavy (non-hydrogen) atoms. The van der Waals surface area contributed by atoms with Crippen LogP contribution in [0.3, 0.4) is 0 Å². The molecular weight excluding hydrogens is 985 g/mol. The number of hydrogen-bond donors (Lipinski definition) is 0. The van der Waals surface area contributed by atoms with Crippen LogP contribution in [0.15, 0.2) is 194 Å². The van der Waals surface area contributed by atoms with Gasteiger partial charge in [-0.1, -0.05) is 247 Å². The Hall–Kier alpha value is -5.75. The van der Waals surface area contributed by atoms with Gasteiger partial charge in [0, 0.05) is 19.3 Å². The van der Waals surface area contributed by atoms with Gasteiger partial charge in [0.2, 0.25) is 0 Å². The smallest absolute Gasteiger partial charge is 0.306 e. The molecule has 1 atom stereocenters. The van der Waals surface area contributed by atoms with Gasteiger partial charge in [-0.15, -0.1) is 0 Å². The van der Waals surface area contributed by atoms with Crippen LogP contribution in [0.5, 0.6) is 0 Å². The van der Waals surface area contributed by atoms with E-state index in [2.05, 4.69) is 215 Å². The first-order chi connectivity index (χ1) is 39.5. The van der Waals surface area contributed by atoms with E-state index in [1.165, 1.54) is 19.3 Å². The van der Waals surface area contributed by atoms with E-state index in [9.17, 15) is 14.4 Å². The van der Waals surface area contributed by atoms with Gasteiger partial charge in [0.15, 0.2) is 6.10 Å². The molecule has 0 aromatic heterocycles. The molecule has 0 saturated carbocycles. The minimum atomic E-state index is -0.836. The van der Waals surface area contributed by atoms with Gasteiger partial charge < -0.3 is 14.2 Å². The predicted molar refractivity (Wildman–Crippen MR) is 347 cm³/mol. The molecule has 0 radical (unpaired) electrons. The zero-order valence-electron chi connectivity index (χ0n) is 50.8. The summed E-state index contributed by atoms with van der Waals surface area (Å²) in [5, 5.41) is 0. The van der Waals surface area contributed by atoms with Crippen molar-refractivity contribution in [3.63, 3.8) is 0 Å². The first kappa shape index (κ1) is 74.2. The largest absolute Gasteiger partial charge is 0.462 e. The minimum absolute atomic E-state index is 0.126. The fourth-order valence-corrected chi connectivity index (χ4v) is 7.65. The van der Waals surface area contributed by atoms with E-state index in [-0.39, 0.29) is 44.0 Å². The van der Waals surface area contributed by atoms with Crippen LogP contribution in [0, 0.1) is 0 Å². The summed E-state index contributed by atoms with van der Waals surface area (Å²) >= 11 is 0. The summed E-state index contributed by atoms with van der Waals surface area (Å²) < 4.78 is 16.8. The van der Waals surface area contributed by atoms with Gasteiger partial charge in [0.25, 0.3) is 0 Å². The fourth-order valence-electron chi connectivity index (χ4n) is 7.65. The summed E-state index contributed by atoms with van der Waals surface area (Å²) in [6.45, 7) is 6.26. The van der Waals surface area contributed by atoms with Crippen molar-refractivity contribution in [2.75, 3.05) is 13.2 Å². The molecule has 0 bridgehead atoms. The Balaban J connectivity index is 4.46. The number of carbonyl (C=O) groups excluding carboxylic acids is 3. The van der Waals surface area contributed by atoms with Crippen molar-refractivity contribution in [3.05, 3.63) is 194 Å². The standard InChI is InChI=1S/C74H112O6/c1-4-7-10-13-16-19-22-25-28-29-30-31-32-33-34-35-36-37-38-39-40-41-42-43-44-45-47-49-52-55-58-61-64-67-73(76)79-70-71(69-78-72(75)66-63-60-57-54-51-48-27-24-21-18-15-12-9-6-3)80-74(77)68-65-62-59-56-53-50-46-26-23-20-17-14-11-8-5-2/h7-8,10-11,15-20,24-28,30-31,33-34,36-37,39-40,42-43,45-47,52-53,55-56,71H,4-6,9,12-14,21-23,29,32,35,38,41,44,48-51,54,57-70H2,1-3H3/b10-7-,11-8-,18-15-,19-16-,20-17-,27-24-,28-25-,31-30-,34-33-,37-36-,40-39-,43-42-,46-26-,47-45-,55-52-,56-53-. The van der Waals surface area contributed by atoms with E-state index < -0.39 is 6.10 Å². The lowest BCUT2D eigenvalue weighted by molar-refractivity contribution is -0.167. The van der Waals surface area contributed by atoms with Gasteiger partial charge in [-0.05, 0) is 161 Å². The van der Waals surface area contributed by atoms with Crippen LogP contribution < -0.4 is 0 Å². The summed E-state index contributed by atoms with van der Waals surface area (Å²) in [4.78, 5) is 38.2. The number of hydrogen-bond acceptors (Lipinski definition) is 6. The molecule has 0 heterocycles. The predicted octanol–water partition coefficient (Wildman–Crippen LogP) is 21.8. The summed E-state index contributed by atoms with van der Waals surface area (Å²) in [5.41, 5.74) is 0. The molecule has 0 aromatic carbocycles. The normalized spacial score (nSPS) is 13.5. The molecule has 0 N–H and O–H groups in total. The molecule has 1 unspecified atom stereocenters. The third-order valence-corrected chi connectivity index (χ3v) is 12.3. The Morgan fingerprint density at radius 3 is 0.787 bits per heavy atom. The Morgan fingerprint density at radius 1 is 0.263 bits per heavy atom. The summed E-state index contributed by atoms with van der Waals surface area (Å²) in [6.07, 6.45) is 100. The van der Waals surface area contributed by atoms with E-state index >= 15 is 0 Å². The molecule has 0 fully saturated rings. The molecule has 0 aliphatic rings. The second kappa shape index (κ2) is 65.8. The van der Waals surface area contributed by atoms with Crippen molar-refractivity contribution < 1.29 is 28.6 Å². The number of carbonyl (C=O) groups is 3. The second-order valence-corrected chi connectivity index (χ2v) is 19.8. The first-order valence-corrected chi connectivity index (χ1v) is 31.4. The average molecular weight is 1100 g/mol. The molecule has 0 amide bonds. The molecule has 0 spiro atoms. The third kappa shape index (κ3) is 63.1. The van der Waals surface area contributed by atoms with Crippen molar-refractivity contribution >= 4 is 17.9 Å². The second-order valence-electron chi connectivity index (χ2n) is 19.8. The van der Waals surface area contributed by atoms with Crippen LogP contribution in [0.1, 0.15) is 233 Å². The van der Waals surface area contributed by atoms with Gasteiger partial charge in [-0.25, -0.2) is 0 Å². The molecule has 0 aromatic rings. The Morgan fingerprint density at radius 2 is 0.487 bits per heavy atom. The van der Waals surface area contributed by atoms with Crippen molar-refractivity contribution in [1.82, 2.24) is 0 Å². The molecular formula is C74H112O6. The highest BCUT2D eigenvalue weighted by Gasteiger charge is 2.19. The van der Waals surface area contributed by atoms with E-state index in [1.807, 2.05) is 0 Å². The number of allylic oxidation sites excluding steroid dienone is 32. The quantitative estimate of drug-likeness (QED) is 0.0261. The number of unbranched alkanes of at least 4 members (excludes halogenated alkanes) is 11. The molecule has 0 rings (SSSR count). The molecule has 0 aliphatic heterocycles. The molecule has 444 valence electrons. The number of rotatable bonds is 54. The monoisotopic (exact) mass is 1100 g/mol. The Kier molecular flexibility index (Phi) is 61.0. The van der Waals surface area contributed by atoms with Crippen LogP contribution in [0.2, 0.25) is 0 Å². The van der Waals surface area contributed by atoms with Gasteiger partial charge in [-0.2, -0.15) is 0 Å². The molecule has 0 saturated heterocycles. The van der Waals surface area contributed by atoms with Gasteiger partial charge in [-0.3, -0.25) is 14.4 Å². The highest BCUT2D eigenvalue weighted by molar-refractivity contribution is 5.71. The lowest BCUT2D eigenvalue weighted by Gasteiger charge is -2.18. The van der Waals surface area contributed by atoms with Crippen LogP contribution >= 0.6 is 0 Å². The van der Waals surface area contributed by atoms with E-state index in [0.29, 0.717) is 19.3 Å². The number of esters is 3. The van der Waals surface area contributed by atoms with Crippen molar-refractivity contribution in [3.8, 4) is 0 Å². The zero-order valence-corrected chi connectivity index (χ0v) is 50.8. The van der Waals surface area contributed by atoms with E-state index in [4.69, 9.17) is 14.2 Å². The summed E-state index contributed by atoms with van der Waals surface area (Å²) in [6, 6.07) is 0. The zero-order chi connectivity index (χ0) is 57.8. The average Bonchev–Trinajstić information content (AvgIpc) is 3.46. The maximum Gasteiger partial charge on any atom is 0.306 e. The summed E-state index contributed by atoms with van der Waals surface area (Å²) in [5.74, 6) is -1.04. The highest BCUT2D eigenvalue weighted by atomic mass is 16.6. The maximum atomic E-state index is 12.9. The Bertz CT molecular complexity index is 1930. The maximum absolute atomic E-state index is 12.9. The third-order valence-electron chi connectivity index (χ3n) is 12.3. The molecule has 6 heteroatoms. The highest BCUT2D eigenvalue weighted by Crippen LogP contribution is 2.12. The minimum Gasteiger partial charge on any atom is -0.462 e. The van der Waals surface area contributed by atoms with Crippen LogP contribution in [0.25, 0.3) is 0 Å². The van der Waals surface area contributed by atoms with Gasteiger partial charge in [0.1, 0.15) is 13.2 Å². The van der Waals surface area contributed by atoms with Crippen molar-refractivity contribution in [2.24, 2.45) is 0 Å². The molecule has 6 nitrogen and oxygen atoms in total. The van der Waals surface area contributed by atoms with Crippen molar-refractivity contribution in [2.45, 2.75) is 239 Å². The van der Waals surface area contributed by atoms with Crippen LogP contribution in [0.4, 0.5) is 0 Å². The molecule has 0 aliphatic carbocycles. The SMILES string of the molecule is CC/C=C\C/C=C\C/C=C\C/C=C\C/C=C\C/C=C\C/C=C\C/C=C\C/C=C\C/C=C\CCCCC(=O)OCC(COC(=O)CCCCCCC/C=C\C/C=C\CCCC)OC(=O)CCCC/C=C\C/C=C\C/C=C\C/C=C\CC. The lowest BCUT2D eigenvalue weighted by atomic mass is 10.1. The van der Waals surface area contributed by atoms with E-state index in [1.54, 1.807) is 0 Å². The Labute approximate surface area is 490 Å². The fraction of sp³-hybridized carbons (Fsp3) is 0.527. The van der Waals surface area contributed by atoms with Crippen LogP contribution in [-0.4, -0.2) is 37.2 Å². The lowest BCUT2D eigenvalue weighted by Crippen LogP contribution is -2.30. The first-order valence-electron chi connectivity index (χ1n) is 31.4. The van der Waals surface area contributed by atoms with Crippen LogP contribution in [-0.2, 0) is 28.6 Å². The topological polar surface area (TPSA) is 78.9 Å². The van der Waals surface area contributed by atoms with Gasteiger partial charge in [0.05, 0.1) is 0 Å². The summed E-state index contributed by atoms with van der Waals surface area (Å²) in [7, 11) is 0. The van der Waals surface area contributed by atoms with Crippen molar-refractivity contribution in [1.29, 1.82) is 0 Å². The number of ether oxygens (including phenoxy) is 3.